The van der Waals surface area contributed by atoms with Crippen molar-refractivity contribution in [2.75, 3.05) is 20.8 Å². The average Bonchev–Trinajstić information content (AvgIpc) is 2.64. The molecule has 0 fully saturated rings. The molecule has 1 amide bonds. The molecule has 0 aliphatic carbocycles. The predicted octanol–water partition coefficient (Wildman–Crippen LogP) is 2.72. The standard InChI is InChI=1S/C19H19NO4/c1-20-19(22)13-24-16-9-7-15(8-10-16)18(21)11-6-14-4-3-5-17(12-14)23-2/h3-12H,13H2,1-2H3,(H,20,22)/b11-6+. The molecule has 0 aliphatic rings. The van der Waals surface area contributed by atoms with Crippen LogP contribution in [0.1, 0.15) is 15.9 Å². The number of hydrogen-bond acceptors (Lipinski definition) is 4. The molecule has 0 aromatic heterocycles. The second-order valence-electron chi connectivity index (χ2n) is 4.96. The van der Waals surface area contributed by atoms with E-state index in [1.807, 2.05) is 24.3 Å². The van der Waals surface area contributed by atoms with Crippen LogP contribution in [0.5, 0.6) is 11.5 Å². The normalized spacial score (nSPS) is 10.4. The molecule has 0 heterocycles. The Balaban J connectivity index is 1.99. The Kier molecular flexibility index (Phi) is 6.14. The van der Waals surface area contributed by atoms with Crippen LogP contribution >= 0.6 is 0 Å². The summed E-state index contributed by atoms with van der Waals surface area (Å²) in [7, 11) is 3.14. The number of nitrogens with one attached hydrogen (secondary N) is 1. The van der Waals surface area contributed by atoms with Crippen LogP contribution in [0.2, 0.25) is 0 Å². The number of ether oxygens (including phenoxy) is 2. The molecule has 0 spiro atoms. The van der Waals surface area contributed by atoms with Gasteiger partial charge in [-0.2, -0.15) is 0 Å². The van der Waals surface area contributed by atoms with Gasteiger partial charge in [0, 0.05) is 12.6 Å². The van der Waals surface area contributed by atoms with E-state index in [-0.39, 0.29) is 18.3 Å². The number of allylic oxidation sites excluding steroid dienone is 1. The topological polar surface area (TPSA) is 64.6 Å². The highest BCUT2D eigenvalue weighted by Crippen LogP contribution is 2.15. The van der Waals surface area contributed by atoms with E-state index in [1.165, 1.54) is 6.08 Å². The fourth-order valence-corrected chi connectivity index (χ4v) is 1.95. The van der Waals surface area contributed by atoms with Gasteiger partial charge in [-0.25, -0.2) is 0 Å². The number of ketones is 1. The lowest BCUT2D eigenvalue weighted by Crippen LogP contribution is -2.24. The maximum absolute atomic E-state index is 12.2. The van der Waals surface area contributed by atoms with E-state index in [0.29, 0.717) is 11.3 Å². The van der Waals surface area contributed by atoms with E-state index < -0.39 is 0 Å². The number of methoxy groups -OCH3 is 1. The first-order valence-corrected chi connectivity index (χ1v) is 7.42. The molecule has 2 rings (SSSR count). The molecule has 2 aromatic carbocycles. The van der Waals surface area contributed by atoms with Gasteiger partial charge in [-0.05, 0) is 48.0 Å². The van der Waals surface area contributed by atoms with E-state index in [0.717, 1.165) is 11.3 Å². The molecule has 5 nitrogen and oxygen atoms in total. The van der Waals surface area contributed by atoms with Gasteiger partial charge in [-0.3, -0.25) is 9.59 Å². The number of carbonyl (C=O) groups is 2. The van der Waals surface area contributed by atoms with Gasteiger partial charge in [0.05, 0.1) is 7.11 Å². The smallest absolute Gasteiger partial charge is 0.257 e. The molecular weight excluding hydrogens is 306 g/mol. The Morgan fingerprint density at radius 2 is 1.83 bits per heavy atom. The Labute approximate surface area is 140 Å². The second-order valence-corrected chi connectivity index (χ2v) is 4.96. The molecule has 0 bridgehead atoms. The minimum Gasteiger partial charge on any atom is -0.497 e. The number of amides is 1. The lowest BCUT2D eigenvalue weighted by molar-refractivity contribution is -0.122. The van der Waals surface area contributed by atoms with Crippen molar-refractivity contribution in [1.29, 1.82) is 0 Å². The predicted molar refractivity (Wildman–Crippen MR) is 92.4 cm³/mol. The monoisotopic (exact) mass is 325 g/mol. The highest BCUT2D eigenvalue weighted by Gasteiger charge is 2.04. The van der Waals surface area contributed by atoms with Gasteiger partial charge in [-0.15, -0.1) is 0 Å². The summed E-state index contributed by atoms with van der Waals surface area (Å²) < 4.78 is 10.4. The van der Waals surface area contributed by atoms with E-state index in [4.69, 9.17) is 9.47 Å². The summed E-state index contributed by atoms with van der Waals surface area (Å²) in [4.78, 5) is 23.3. The van der Waals surface area contributed by atoms with E-state index in [2.05, 4.69) is 5.32 Å². The van der Waals surface area contributed by atoms with Crippen LogP contribution in [0.25, 0.3) is 6.08 Å². The highest BCUT2D eigenvalue weighted by atomic mass is 16.5. The molecular formula is C19H19NO4. The Hall–Kier alpha value is -3.08. The SMILES string of the molecule is CNC(=O)COc1ccc(C(=O)/C=C/c2cccc(OC)c2)cc1. The lowest BCUT2D eigenvalue weighted by atomic mass is 10.1. The molecule has 0 saturated carbocycles. The minimum absolute atomic E-state index is 0.0560. The van der Waals surface area contributed by atoms with Crippen molar-refractivity contribution in [2.45, 2.75) is 0 Å². The third-order valence-corrected chi connectivity index (χ3v) is 3.31. The summed E-state index contributed by atoms with van der Waals surface area (Å²) in [5.74, 6) is 0.946. The zero-order valence-electron chi connectivity index (χ0n) is 13.6. The molecule has 124 valence electrons. The first kappa shape index (κ1) is 17.3. The van der Waals surface area contributed by atoms with Crippen molar-refractivity contribution >= 4 is 17.8 Å². The van der Waals surface area contributed by atoms with Gasteiger partial charge in [-0.1, -0.05) is 18.2 Å². The molecule has 0 radical (unpaired) electrons. The number of carbonyl (C=O) groups excluding carboxylic acids is 2. The van der Waals surface area contributed by atoms with Gasteiger partial charge in [0.1, 0.15) is 11.5 Å². The number of hydrogen-bond donors (Lipinski definition) is 1. The van der Waals surface area contributed by atoms with Gasteiger partial charge in [0.15, 0.2) is 12.4 Å². The maximum Gasteiger partial charge on any atom is 0.257 e. The average molecular weight is 325 g/mol. The number of likely N-dealkylation sites (N-methyl/N-ethyl adjacent to an activating group) is 1. The van der Waals surface area contributed by atoms with E-state index in [9.17, 15) is 9.59 Å². The minimum atomic E-state index is -0.212. The summed E-state index contributed by atoms with van der Waals surface area (Å²) >= 11 is 0. The fourth-order valence-electron chi connectivity index (χ4n) is 1.95. The largest absolute Gasteiger partial charge is 0.497 e. The maximum atomic E-state index is 12.2. The Bertz CT molecular complexity index is 735. The number of benzene rings is 2. The van der Waals surface area contributed by atoms with Crippen LogP contribution in [0.3, 0.4) is 0 Å². The van der Waals surface area contributed by atoms with E-state index >= 15 is 0 Å². The van der Waals surface area contributed by atoms with Crippen LogP contribution in [0.15, 0.2) is 54.6 Å². The Morgan fingerprint density at radius 3 is 2.50 bits per heavy atom. The van der Waals surface area contributed by atoms with Crippen LogP contribution in [-0.4, -0.2) is 32.5 Å². The quantitative estimate of drug-likeness (QED) is 0.628. The van der Waals surface area contributed by atoms with Crippen molar-refractivity contribution in [2.24, 2.45) is 0 Å². The molecule has 2 aromatic rings. The third kappa shape index (κ3) is 4.98. The third-order valence-electron chi connectivity index (χ3n) is 3.31. The van der Waals surface area contributed by atoms with Crippen LogP contribution in [0, 0.1) is 0 Å². The van der Waals surface area contributed by atoms with Crippen molar-refractivity contribution < 1.29 is 19.1 Å². The van der Waals surface area contributed by atoms with Crippen LogP contribution < -0.4 is 14.8 Å². The second kappa shape index (κ2) is 8.53. The summed E-state index contributed by atoms with van der Waals surface area (Å²) in [6.07, 6.45) is 3.25. The summed E-state index contributed by atoms with van der Waals surface area (Å²) in [6.45, 7) is -0.0560. The molecule has 5 heteroatoms. The van der Waals surface area contributed by atoms with Crippen molar-refractivity contribution in [3.8, 4) is 11.5 Å². The zero-order chi connectivity index (χ0) is 17.4. The van der Waals surface area contributed by atoms with Crippen molar-refractivity contribution in [3.63, 3.8) is 0 Å². The van der Waals surface area contributed by atoms with Gasteiger partial charge < -0.3 is 14.8 Å². The molecule has 0 aliphatic heterocycles. The molecule has 0 saturated heterocycles. The van der Waals surface area contributed by atoms with Crippen LogP contribution in [-0.2, 0) is 4.79 Å². The first-order valence-electron chi connectivity index (χ1n) is 7.42. The Morgan fingerprint density at radius 1 is 1.08 bits per heavy atom. The lowest BCUT2D eigenvalue weighted by Gasteiger charge is -2.05. The molecule has 0 unspecified atom stereocenters. The molecule has 24 heavy (non-hydrogen) atoms. The summed E-state index contributed by atoms with van der Waals surface area (Å²) in [6, 6.07) is 14.1. The van der Waals surface area contributed by atoms with Gasteiger partial charge in [0.2, 0.25) is 0 Å². The zero-order valence-corrected chi connectivity index (χ0v) is 13.6. The van der Waals surface area contributed by atoms with Gasteiger partial charge >= 0.3 is 0 Å². The van der Waals surface area contributed by atoms with Crippen molar-refractivity contribution in [3.05, 3.63) is 65.7 Å². The fraction of sp³-hybridized carbons (Fsp3) is 0.158. The number of rotatable bonds is 7. The van der Waals surface area contributed by atoms with Gasteiger partial charge in [0.25, 0.3) is 5.91 Å². The van der Waals surface area contributed by atoms with Crippen LogP contribution in [0.4, 0.5) is 0 Å². The summed E-state index contributed by atoms with van der Waals surface area (Å²) in [5.41, 5.74) is 1.43. The molecule has 0 atom stereocenters. The highest BCUT2D eigenvalue weighted by molar-refractivity contribution is 6.06. The first-order chi connectivity index (χ1) is 11.6. The summed E-state index contributed by atoms with van der Waals surface area (Å²) in [5, 5.41) is 2.47. The molecule has 1 N–H and O–H groups in total. The van der Waals surface area contributed by atoms with Crippen molar-refractivity contribution in [1.82, 2.24) is 5.32 Å². The van der Waals surface area contributed by atoms with E-state index in [1.54, 1.807) is 44.5 Å².